The van der Waals surface area contributed by atoms with Crippen LogP contribution in [0.25, 0.3) is 0 Å². The van der Waals surface area contributed by atoms with Crippen LogP contribution in [0.4, 0.5) is 0 Å². The van der Waals surface area contributed by atoms with Crippen LogP contribution in [-0.4, -0.2) is 27.3 Å². The van der Waals surface area contributed by atoms with Crippen LogP contribution >= 0.6 is 0 Å². The maximum absolute atomic E-state index is 11.4. The van der Waals surface area contributed by atoms with Crippen LogP contribution in [0.5, 0.6) is 5.75 Å². The highest BCUT2D eigenvalue weighted by Crippen LogP contribution is 2.37. The van der Waals surface area contributed by atoms with Crippen LogP contribution in [0.15, 0.2) is 47.7 Å². The Morgan fingerprint density at radius 3 is 2.40 bits per heavy atom. The van der Waals surface area contributed by atoms with Gasteiger partial charge in [-0.15, -0.1) is 0 Å². The number of benzene rings is 1. The number of hydrogen-bond acceptors (Lipinski definition) is 4. The van der Waals surface area contributed by atoms with Crippen LogP contribution in [0, 0.1) is 0 Å². The number of rotatable bonds is 4. The maximum atomic E-state index is 11.4. The van der Waals surface area contributed by atoms with Crippen LogP contribution in [-0.2, 0) is 14.3 Å². The van der Waals surface area contributed by atoms with Gasteiger partial charge in [0.1, 0.15) is 11.5 Å². The average Bonchev–Trinajstić information content (AvgIpc) is 2.90. The topological polar surface area (TPSA) is 44.8 Å². The fourth-order valence-corrected chi connectivity index (χ4v) is 2.28. The fraction of sp³-hybridized carbons (Fsp3) is 0.312. The van der Waals surface area contributed by atoms with Gasteiger partial charge in [-0.3, -0.25) is 0 Å². The molecule has 0 amide bonds. The molecule has 1 aromatic rings. The van der Waals surface area contributed by atoms with Crippen LogP contribution in [0.2, 0.25) is 0 Å². The largest absolute Gasteiger partial charge is 0.497 e. The quantitative estimate of drug-likeness (QED) is 0.625. The predicted molar refractivity (Wildman–Crippen MR) is 75.5 cm³/mol. The van der Waals surface area contributed by atoms with E-state index in [1.165, 1.54) is 13.2 Å². The molecule has 4 heteroatoms. The molecule has 0 bridgehead atoms. The molecule has 1 atom stereocenters. The van der Waals surface area contributed by atoms with Crippen molar-refractivity contribution < 1.29 is 19.0 Å². The molecule has 0 heterocycles. The lowest BCUT2D eigenvalue weighted by Crippen LogP contribution is -1.99. The first-order chi connectivity index (χ1) is 9.67. The summed E-state index contributed by atoms with van der Waals surface area (Å²) in [5.74, 6) is 1.40. The third-order valence-corrected chi connectivity index (χ3v) is 3.37. The third kappa shape index (κ3) is 3.02. The molecule has 1 aliphatic rings. The second-order valence-corrected chi connectivity index (χ2v) is 4.51. The smallest absolute Gasteiger partial charge is 0.330 e. The zero-order valence-corrected chi connectivity index (χ0v) is 11.9. The van der Waals surface area contributed by atoms with E-state index in [0.717, 1.165) is 29.1 Å². The van der Waals surface area contributed by atoms with Crippen LogP contribution in [0.3, 0.4) is 0 Å². The molecule has 0 fully saturated rings. The average molecular weight is 274 g/mol. The van der Waals surface area contributed by atoms with E-state index in [2.05, 4.69) is 4.74 Å². The molecule has 20 heavy (non-hydrogen) atoms. The number of ether oxygens (including phenoxy) is 3. The number of esters is 1. The van der Waals surface area contributed by atoms with E-state index in [-0.39, 0.29) is 11.9 Å². The standard InChI is InChI=1S/C16H18O4/c1-18-14-6-4-11(5-7-14)12-8-13(10-16(17)20-3)15(9-12)19-2/h4-7,9-10,12H,8H2,1-3H3/b13-10+. The molecule has 0 aromatic heterocycles. The molecule has 0 radical (unpaired) electrons. The molecule has 1 aromatic carbocycles. The molecular formula is C16H18O4. The van der Waals surface area contributed by atoms with E-state index in [9.17, 15) is 4.79 Å². The van der Waals surface area contributed by atoms with Gasteiger partial charge >= 0.3 is 5.97 Å². The Kier molecular flexibility index (Phi) is 4.45. The van der Waals surface area contributed by atoms with Crippen molar-refractivity contribution in [3.63, 3.8) is 0 Å². The Morgan fingerprint density at radius 1 is 1.15 bits per heavy atom. The summed E-state index contributed by atoms with van der Waals surface area (Å²) in [5, 5.41) is 0. The summed E-state index contributed by atoms with van der Waals surface area (Å²) in [6.45, 7) is 0. The third-order valence-electron chi connectivity index (χ3n) is 3.37. The summed E-state index contributed by atoms with van der Waals surface area (Å²) in [7, 11) is 4.61. The Morgan fingerprint density at radius 2 is 1.85 bits per heavy atom. The number of carbonyl (C=O) groups is 1. The summed E-state index contributed by atoms with van der Waals surface area (Å²) in [4.78, 5) is 11.4. The van der Waals surface area contributed by atoms with Gasteiger partial charge in [0.15, 0.2) is 0 Å². The second kappa shape index (κ2) is 6.28. The second-order valence-electron chi connectivity index (χ2n) is 4.51. The van der Waals surface area contributed by atoms with Crippen molar-refractivity contribution in [1.29, 1.82) is 0 Å². The van der Waals surface area contributed by atoms with E-state index in [1.807, 2.05) is 30.3 Å². The van der Waals surface area contributed by atoms with Crippen molar-refractivity contribution in [1.82, 2.24) is 0 Å². The number of hydrogen-bond donors (Lipinski definition) is 0. The van der Waals surface area contributed by atoms with E-state index in [4.69, 9.17) is 9.47 Å². The van der Waals surface area contributed by atoms with Crippen molar-refractivity contribution >= 4 is 5.97 Å². The van der Waals surface area contributed by atoms with Crippen molar-refractivity contribution in [3.05, 3.63) is 53.3 Å². The highest BCUT2D eigenvalue weighted by Gasteiger charge is 2.23. The van der Waals surface area contributed by atoms with Gasteiger partial charge in [-0.1, -0.05) is 12.1 Å². The summed E-state index contributed by atoms with van der Waals surface area (Å²) in [5.41, 5.74) is 2.02. The Hall–Kier alpha value is -2.23. The molecule has 1 unspecified atom stereocenters. The van der Waals surface area contributed by atoms with Crippen LogP contribution < -0.4 is 4.74 Å². The summed E-state index contributed by atoms with van der Waals surface area (Å²) in [6.07, 6.45) is 4.24. The monoisotopic (exact) mass is 274 g/mol. The summed E-state index contributed by atoms with van der Waals surface area (Å²) < 4.78 is 15.1. The lowest BCUT2D eigenvalue weighted by molar-refractivity contribution is -0.134. The van der Waals surface area contributed by atoms with Gasteiger partial charge in [-0.25, -0.2) is 4.79 Å². The molecule has 1 aliphatic carbocycles. The Balaban J connectivity index is 2.21. The SMILES string of the molecule is COC(=O)/C=C1\CC(c2ccc(OC)cc2)C=C1OC. The molecule has 2 rings (SSSR count). The molecule has 0 saturated heterocycles. The lowest BCUT2D eigenvalue weighted by atomic mass is 9.97. The van der Waals surface area contributed by atoms with Gasteiger partial charge in [0.05, 0.1) is 21.3 Å². The van der Waals surface area contributed by atoms with Gasteiger partial charge in [0, 0.05) is 17.6 Å². The molecule has 106 valence electrons. The zero-order valence-electron chi connectivity index (χ0n) is 11.9. The highest BCUT2D eigenvalue weighted by atomic mass is 16.5. The Labute approximate surface area is 118 Å². The normalized spacial score (nSPS) is 19.6. The molecule has 4 nitrogen and oxygen atoms in total. The van der Waals surface area contributed by atoms with E-state index < -0.39 is 0 Å². The van der Waals surface area contributed by atoms with Crippen molar-refractivity contribution in [2.24, 2.45) is 0 Å². The number of carbonyl (C=O) groups excluding carboxylic acids is 1. The first-order valence-corrected chi connectivity index (χ1v) is 6.36. The predicted octanol–water partition coefficient (Wildman–Crippen LogP) is 2.81. The van der Waals surface area contributed by atoms with Gasteiger partial charge in [-0.2, -0.15) is 0 Å². The van der Waals surface area contributed by atoms with Crippen molar-refractivity contribution in [2.45, 2.75) is 12.3 Å². The van der Waals surface area contributed by atoms with Crippen LogP contribution in [0.1, 0.15) is 17.9 Å². The summed E-state index contributed by atoms with van der Waals surface area (Å²) in [6, 6.07) is 7.90. The molecule has 0 aliphatic heterocycles. The zero-order chi connectivity index (χ0) is 14.5. The lowest BCUT2D eigenvalue weighted by Gasteiger charge is -2.08. The molecule has 0 spiro atoms. The van der Waals surface area contributed by atoms with E-state index in [1.54, 1.807) is 14.2 Å². The maximum Gasteiger partial charge on any atom is 0.330 e. The molecule has 0 N–H and O–H groups in total. The molecular weight excluding hydrogens is 256 g/mol. The minimum absolute atomic E-state index is 0.201. The minimum atomic E-state index is -0.363. The first kappa shape index (κ1) is 14.2. The first-order valence-electron chi connectivity index (χ1n) is 6.36. The minimum Gasteiger partial charge on any atom is -0.497 e. The number of allylic oxidation sites excluding steroid dienone is 2. The van der Waals surface area contributed by atoms with Crippen molar-refractivity contribution in [3.8, 4) is 5.75 Å². The van der Waals surface area contributed by atoms with E-state index >= 15 is 0 Å². The van der Waals surface area contributed by atoms with Crippen molar-refractivity contribution in [2.75, 3.05) is 21.3 Å². The van der Waals surface area contributed by atoms with Gasteiger partial charge in [-0.05, 0) is 30.2 Å². The van der Waals surface area contributed by atoms with E-state index in [0.29, 0.717) is 0 Å². The fourth-order valence-electron chi connectivity index (χ4n) is 2.28. The molecule has 0 saturated carbocycles. The van der Waals surface area contributed by atoms with Gasteiger partial charge < -0.3 is 14.2 Å². The van der Waals surface area contributed by atoms with Gasteiger partial charge in [0.2, 0.25) is 0 Å². The Bertz CT molecular complexity index is 540. The summed E-state index contributed by atoms with van der Waals surface area (Å²) >= 11 is 0. The highest BCUT2D eigenvalue weighted by molar-refractivity contribution is 5.83. The number of methoxy groups -OCH3 is 3. The van der Waals surface area contributed by atoms with Gasteiger partial charge in [0.25, 0.3) is 0 Å².